The van der Waals surface area contributed by atoms with Crippen molar-refractivity contribution in [3.63, 3.8) is 0 Å². The molecule has 1 saturated heterocycles. The number of nitriles is 1. The molecule has 1 saturated carbocycles. The van der Waals surface area contributed by atoms with E-state index in [0.717, 1.165) is 35.5 Å². The molecule has 1 aromatic carbocycles. The monoisotopic (exact) mass is 473 g/mol. The Morgan fingerprint density at radius 2 is 2.03 bits per heavy atom. The van der Waals surface area contributed by atoms with Crippen molar-refractivity contribution in [2.75, 3.05) is 25.5 Å². The van der Waals surface area contributed by atoms with Gasteiger partial charge in [0.05, 0.1) is 42.2 Å². The van der Waals surface area contributed by atoms with Crippen LogP contribution in [-0.4, -0.2) is 58.7 Å². The van der Waals surface area contributed by atoms with Crippen LogP contribution in [0.15, 0.2) is 24.3 Å². The standard InChI is InChI=1S/C27H31N5O3/c1-16-14-32(15-17(2)35-16)26(33)19-6-5-18(22(11-19)34-4)12-23-29-21-8-7-20(13-28)24(21)25(30-23)31-27(3)9-10-27/h5-7,11,16-17H,8-10,12,14-15H2,1-4H3,(H,29,30,31)/t16-,17+. The van der Waals surface area contributed by atoms with Crippen molar-refractivity contribution in [2.24, 2.45) is 0 Å². The SMILES string of the molecule is COc1cc(C(=O)N2C[C@@H](C)O[C@@H](C)C2)ccc1Cc1nc2c(c(NC3(C)CC3)n1)C(C#N)=CC2. The van der Waals surface area contributed by atoms with E-state index in [4.69, 9.17) is 19.4 Å². The van der Waals surface area contributed by atoms with Crippen molar-refractivity contribution < 1.29 is 14.3 Å². The zero-order valence-electron chi connectivity index (χ0n) is 20.7. The first-order chi connectivity index (χ1) is 16.8. The zero-order valence-corrected chi connectivity index (χ0v) is 20.7. The van der Waals surface area contributed by atoms with Gasteiger partial charge in [0, 0.05) is 42.6 Å². The van der Waals surface area contributed by atoms with Crippen molar-refractivity contribution in [3.05, 3.63) is 52.5 Å². The molecule has 2 atom stereocenters. The Morgan fingerprint density at radius 1 is 1.29 bits per heavy atom. The van der Waals surface area contributed by atoms with E-state index in [0.29, 0.717) is 48.6 Å². The van der Waals surface area contributed by atoms with Crippen molar-refractivity contribution in [2.45, 2.75) is 64.2 Å². The Hall–Kier alpha value is -3.44. The van der Waals surface area contributed by atoms with Crippen LogP contribution >= 0.6 is 0 Å². The Kier molecular flexibility index (Phi) is 5.97. The molecule has 2 heterocycles. The van der Waals surface area contributed by atoms with Gasteiger partial charge in [-0.2, -0.15) is 5.26 Å². The number of amides is 1. The number of hydrogen-bond acceptors (Lipinski definition) is 7. The van der Waals surface area contributed by atoms with Crippen LogP contribution in [-0.2, 0) is 17.6 Å². The molecule has 2 fully saturated rings. The number of ether oxygens (including phenoxy) is 2. The smallest absolute Gasteiger partial charge is 0.254 e. The molecule has 8 nitrogen and oxygen atoms in total. The van der Waals surface area contributed by atoms with Gasteiger partial charge in [0.1, 0.15) is 17.4 Å². The van der Waals surface area contributed by atoms with E-state index in [2.05, 4.69) is 18.3 Å². The highest BCUT2D eigenvalue weighted by molar-refractivity contribution is 5.95. The topological polar surface area (TPSA) is 100 Å². The van der Waals surface area contributed by atoms with Crippen molar-refractivity contribution in [1.82, 2.24) is 14.9 Å². The van der Waals surface area contributed by atoms with Crippen LogP contribution in [0.25, 0.3) is 5.57 Å². The number of hydrogen-bond donors (Lipinski definition) is 1. The lowest BCUT2D eigenvalue weighted by atomic mass is 10.0. The number of benzene rings is 1. The normalized spacial score (nSPS) is 22.1. The summed E-state index contributed by atoms with van der Waals surface area (Å²) >= 11 is 0. The number of anilines is 1. The van der Waals surface area contributed by atoms with Crippen LogP contribution in [0.5, 0.6) is 5.75 Å². The molecule has 182 valence electrons. The molecule has 2 aliphatic carbocycles. The maximum atomic E-state index is 13.1. The summed E-state index contributed by atoms with van der Waals surface area (Å²) in [6.45, 7) is 7.28. The minimum Gasteiger partial charge on any atom is -0.496 e. The molecular weight excluding hydrogens is 442 g/mol. The number of carbonyl (C=O) groups excluding carboxylic acids is 1. The molecule has 1 N–H and O–H groups in total. The number of nitrogens with one attached hydrogen (secondary N) is 1. The third-order valence-electron chi connectivity index (χ3n) is 6.93. The van der Waals surface area contributed by atoms with E-state index in [1.807, 2.05) is 37.0 Å². The van der Waals surface area contributed by atoms with Crippen LogP contribution < -0.4 is 10.1 Å². The summed E-state index contributed by atoms with van der Waals surface area (Å²) < 4.78 is 11.4. The average Bonchev–Trinajstić information content (AvgIpc) is 3.40. The van der Waals surface area contributed by atoms with Crippen molar-refractivity contribution in [1.29, 1.82) is 5.26 Å². The first kappa shape index (κ1) is 23.3. The van der Waals surface area contributed by atoms with Gasteiger partial charge in [-0.15, -0.1) is 0 Å². The van der Waals surface area contributed by atoms with Gasteiger partial charge >= 0.3 is 0 Å². The lowest BCUT2D eigenvalue weighted by molar-refractivity contribution is -0.0586. The fourth-order valence-electron chi connectivity index (χ4n) is 4.88. The van der Waals surface area contributed by atoms with Gasteiger partial charge in [0.15, 0.2) is 0 Å². The summed E-state index contributed by atoms with van der Waals surface area (Å²) in [6.07, 6.45) is 5.19. The van der Waals surface area contributed by atoms with Gasteiger partial charge in [0.2, 0.25) is 0 Å². The maximum Gasteiger partial charge on any atom is 0.254 e. The Labute approximate surface area is 206 Å². The van der Waals surface area contributed by atoms with Gasteiger partial charge in [-0.05, 0) is 45.7 Å². The number of morpholine rings is 1. The van der Waals surface area contributed by atoms with Crippen LogP contribution in [0.2, 0.25) is 0 Å². The van der Waals surface area contributed by atoms with E-state index < -0.39 is 0 Å². The molecule has 5 rings (SSSR count). The van der Waals surface area contributed by atoms with Gasteiger partial charge in [-0.25, -0.2) is 9.97 Å². The van der Waals surface area contributed by atoms with Crippen LogP contribution in [0.4, 0.5) is 5.82 Å². The summed E-state index contributed by atoms with van der Waals surface area (Å²) in [5.74, 6) is 2.01. The first-order valence-electron chi connectivity index (χ1n) is 12.2. The predicted molar refractivity (Wildman–Crippen MR) is 132 cm³/mol. The molecule has 1 amide bonds. The second-order valence-electron chi connectivity index (χ2n) is 10.1. The molecule has 8 heteroatoms. The Balaban J connectivity index is 1.41. The fraction of sp³-hybridized carbons (Fsp3) is 0.481. The molecule has 0 bridgehead atoms. The number of carbonyl (C=O) groups is 1. The number of fused-ring (bicyclic) bond motifs is 1. The second kappa shape index (κ2) is 8.97. The number of methoxy groups -OCH3 is 1. The van der Waals surface area contributed by atoms with Crippen molar-refractivity contribution in [3.8, 4) is 11.8 Å². The molecule has 2 aromatic rings. The zero-order chi connectivity index (χ0) is 24.7. The molecule has 0 spiro atoms. The Morgan fingerprint density at radius 3 is 2.69 bits per heavy atom. The predicted octanol–water partition coefficient (Wildman–Crippen LogP) is 3.75. The van der Waals surface area contributed by atoms with Gasteiger partial charge in [0.25, 0.3) is 5.91 Å². The summed E-state index contributed by atoms with van der Waals surface area (Å²) in [7, 11) is 1.61. The third kappa shape index (κ3) is 4.73. The maximum absolute atomic E-state index is 13.1. The minimum atomic E-state index is -0.0232. The van der Waals surface area contributed by atoms with Gasteiger partial charge < -0.3 is 19.7 Å². The highest BCUT2D eigenvalue weighted by Gasteiger charge is 2.39. The quantitative estimate of drug-likeness (QED) is 0.682. The summed E-state index contributed by atoms with van der Waals surface area (Å²) in [5.41, 5.74) is 3.85. The van der Waals surface area contributed by atoms with E-state index in [9.17, 15) is 10.1 Å². The van der Waals surface area contributed by atoms with Crippen LogP contribution in [0.1, 0.15) is 66.6 Å². The summed E-state index contributed by atoms with van der Waals surface area (Å²) in [6, 6.07) is 7.85. The molecule has 1 aliphatic heterocycles. The van der Waals surface area contributed by atoms with Gasteiger partial charge in [-0.1, -0.05) is 12.1 Å². The summed E-state index contributed by atoms with van der Waals surface area (Å²) in [5, 5.41) is 13.1. The number of aromatic nitrogens is 2. The molecule has 1 aromatic heterocycles. The van der Waals surface area contributed by atoms with Gasteiger partial charge in [-0.3, -0.25) is 4.79 Å². The lowest BCUT2D eigenvalue weighted by Gasteiger charge is -2.35. The number of nitrogens with zero attached hydrogens (tertiary/aromatic N) is 4. The fourth-order valence-corrected chi connectivity index (χ4v) is 4.88. The summed E-state index contributed by atoms with van der Waals surface area (Å²) in [4.78, 5) is 24.6. The largest absolute Gasteiger partial charge is 0.496 e. The number of rotatable bonds is 6. The van der Waals surface area contributed by atoms with Crippen LogP contribution in [0.3, 0.4) is 0 Å². The highest BCUT2D eigenvalue weighted by atomic mass is 16.5. The highest BCUT2D eigenvalue weighted by Crippen LogP contribution is 2.41. The third-order valence-corrected chi connectivity index (χ3v) is 6.93. The van der Waals surface area contributed by atoms with E-state index in [1.165, 1.54) is 0 Å². The van der Waals surface area contributed by atoms with E-state index in [-0.39, 0.29) is 23.7 Å². The molecule has 0 unspecified atom stereocenters. The molecule has 3 aliphatic rings. The molecular formula is C27H31N5O3. The van der Waals surface area contributed by atoms with E-state index in [1.54, 1.807) is 13.2 Å². The lowest BCUT2D eigenvalue weighted by Crippen LogP contribution is -2.48. The van der Waals surface area contributed by atoms with E-state index >= 15 is 0 Å². The van der Waals surface area contributed by atoms with Crippen molar-refractivity contribution >= 4 is 17.3 Å². The average molecular weight is 474 g/mol. The minimum absolute atomic E-state index is 0.0116. The van der Waals surface area contributed by atoms with Crippen LogP contribution in [0, 0.1) is 11.3 Å². The molecule has 35 heavy (non-hydrogen) atoms. The second-order valence-corrected chi connectivity index (χ2v) is 10.1. The molecule has 0 radical (unpaired) electrons. The Bertz CT molecular complexity index is 1230. The first-order valence-corrected chi connectivity index (χ1v) is 12.2. The number of allylic oxidation sites excluding steroid dienone is 2.